The Labute approximate surface area is 122 Å². The monoisotopic (exact) mass is 289 g/mol. The molecule has 0 saturated heterocycles. The van der Waals surface area contributed by atoms with Crippen LogP contribution in [0.2, 0.25) is 19.1 Å². The van der Waals surface area contributed by atoms with E-state index in [1.54, 1.807) is 12.1 Å². The number of benzene rings is 1. The highest BCUT2D eigenvalue weighted by Crippen LogP contribution is 2.29. The highest BCUT2D eigenvalue weighted by Gasteiger charge is 2.30. The second kappa shape index (κ2) is 6.23. The Morgan fingerprint density at radius 3 is 2.25 bits per heavy atom. The quantitative estimate of drug-likeness (QED) is 0.596. The third-order valence-electron chi connectivity index (χ3n) is 2.77. The molecule has 1 aromatic carbocycles. The summed E-state index contributed by atoms with van der Waals surface area (Å²) in [5.74, 6) is 0.657. The number of hydrogen-bond donors (Lipinski definition) is 0. The Morgan fingerprint density at radius 1 is 1.25 bits per heavy atom. The molecule has 0 aliphatic heterocycles. The van der Waals surface area contributed by atoms with Gasteiger partial charge < -0.3 is 4.43 Å². The molecule has 0 fully saturated rings. The predicted molar refractivity (Wildman–Crippen MR) is 83.4 cm³/mol. The van der Waals surface area contributed by atoms with Gasteiger partial charge in [-0.3, -0.25) is 4.79 Å². The van der Waals surface area contributed by atoms with Crippen molar-refractivity contribution in [2.24, 2.45) is 5.41 Å². The van der Waals surface area contributed by atoms with E-state index in [1.165, 1.54) is 0 Å². The number of hydrogen-bond acceptors (Lipinski definition) is 3. The molecule has 0 spiro atoms. The Hall–Kier alpha value is -1.60. The molecule has 0 bridgehead atoms. The summed E-state index contributed by atoms with van der Waals surface area (Å²) >= 11 is 0. The van der Waals surface area contributed by atoms with Crippen LogP contribution in [0.4, 0.5) is 0 Å². The minimum atomic E-state index is -1.78. The Balaban J connectivity index is 2.75. The zero-order valence-electron chi connectivity index (χ0n) is 13.0. The molecular weight excluding hydrogens is 266 g/mol. The molecule has 0 saturated carbocycles. The normalized spacial score (nSPS) is 11.8. The molecule has 0 heterocycles. The van der Waals surface area contributed by atoms with Gasteiger partial charge in [-0.2, -0.15) is 5.26 Å². The summed E-state index contributed by atoms with van der Waals surface area (Å²) in [4.78, 5) is 11.6. The van der Waals surface area contributed by atoms with Gasteiger partial charge in [-0.15, -0.1) is 0 Å². The van der Waals surface area contributed by atoms with E-state index in [2.05, 4.69) is 33.9 Å². The van der Waals surface area contributed by atoms with Crippen molar-refractivity contribution in [3.8, 4) is 11.8 Å². The molecular formula is C16H23NO2Si. The molecule has 1 aromatic rings. The molecule has 3 nitrogen and oxygen atoms in total. The first-order valence-corrected chi connectivity index (χ1v) is 9.94. The van der Waals surface area contributed by atoms with Gasteiger partial charge in [0.2, 0.25) is 8.32 Å². The van der Waals surface area contributed by atoms with Gasteiger partial charge in [-0.25, -0.2) is 0 Å². The minimum absolute atomic E-state index is 0.0789. The van der Waals surface area contributed by atoms with E-state index >= 15 is 0 Å². The Morgan fingerprint density at radius 2 is 1.80 bits per heavy atom. The van der Waals surface area contributed by atoms with E-state index in [0.29, 0.717) is 5.56 Å². The lowest BCUT2D eigenvalue weighted by molar-refractivity contribution is 0.0997. The fourth-order valence-corrected chi connectivity index (χ4v) is 5.92. The summed E-state index contributed by atoms with van der Waals surface area (Å²) in [6.45, 7) is 11.1. The van der Waals surface area contributed by atoms with Crippen LogP contribution in [0, 0.1) is 16.7 Å². The molecule has 108 valence electrons. The average molecular weight is 289 g/mol. The zero-order valence-corrected chi connectivity index (χ0v) is 14.0. The lowest BCUT2D eigenvalue weighted by Crippen LogP contribution is -2.38. The molecule has 0 N–H and O–H groups in total. The predicted octanol–water partition coefficient (Wildman–Crippen LogP) is 4.41. The van der Waals surface area contributed by atoms with E-state index < -0.39 is 8.32 Å². The third-order valence-corrected chi connectivity index (χ3v) is 5.47. The average Bonchev–Trinajstić information content (AvgIpc) is 2.26. The Kier molecular flexibility index (Phi) is 5.13. The first-order chi connectivity index (χ1) is 9.13. The van der Waals surface area contributed by atoms with Crippen LogP contribution in [-0.2, 0) is 0 Å². The summed E-state index contributed by atoms with van der Waals surface area (Å²) < 4.78 is 6.14. The van der Waals surface area contributed by atoms with Crippen molar-refractivity contribution in [3.63, 3.8) is 0 Å². The topological polar surface area (TPSA) is 50.1 Å². The van der Waals surface area contributed by atoms with Crippen molar-refractivity contribution in [2.75, 3.05) is 0 Å². The van der Waals surface area contributed by atoms with E-state index in [4.69, 9.17) is 9.69 Å². The van der Waals surface area contributed by atoms with Gasteiger partial charge in [0.1, 0.15) is 5.75 Å². The maximum absolute atomic E-state index is 11.6. The first-order valence-electron chi connectivity index (χ1n) is 6.82. The molecule has 0 radical (unpaired) electrons. The van der Waals surface area contributed by atoms with Gasteiger partial charge >= 0.3 is 0 Å². The molecule has 0 aliphatic rings. The number of Topliss-reactive ketones (excluding diaryl/α,β-unsaturated/α-hetero) is 1. The largest absolute Gasteiger partial charge is 0.544 e. The van der Waals surface area contributed by atoms with Gasteiger partial charge in [0, 0.05) is 5.56 Å². The zero-order chi connectivity index (χ0) is 15.4. The number of nitrogens with zero attached hydrogens (tertiary/aromatic N) is 1. The van der Waals surface area contributed by atoms with Crippen LogP contribution < -0.4 is 4.43 Å². The fourth-order valence-electron chi connectivity index (χ4n) is 2.52. The van der Waals surface area contributed by atoms with Gasteiger partial charge in [0.05, 0.1) is 12.5 Å². The summed E-state index contributed by atoms with van der Waals surface area (Å²) in [6.07, 6.45) is -0.0789. The van der Waals surface area contributed by atoms with E-state index in [-0.39, 0.29) is 17.6 Å². The second-order valence-electron chi connectivity index (χ2n) is 6.88. The lowest BCUT2D eigenvalue weighted by Gasteiger charge is -2.31. The smallest absolute Gasteiger partial charge is 0.245 e. The van der Waals surface area contributed by atoms with Gasteiger partial charge in [-0.05, 0) is 48.8 Å². The summed E-state index contributed by atoms with van der Waals surface area (Å²) in [5.41, 5.74) is 0.813. The second-order valence-corrected chi connectivity index (χ2v) is 11.0. The van der Waals surface area contributed by atoms with Crippen LogP contribution >= 0.6 is 0 Å². The van der Waals surface area contributed by atoms with Crippen LogP contribution in [0.25, 0.3) is 0 Å². The molecule has 0 aromatic heterocycles. The van der Waals surface area contributed by atoms with Gasteiger partial charge in [0.25, 0.3) is 0 Å². The highest BCUT2D eigenvalue weighted by molar-refractivity contribution is 6.72. The van der Waals surface area contributed by atoms with Crippen molar-refractivity contribution in [3.05, 3.63) is 29.8 Å². The molecule has 0 unspecified atom stereocenters. The van der Waals surface area contributed by atoms with Crippen LogP contribution in [0.15, 0.2) is 24.3 Å². The van der Waals surface area contributed by atoms with Crippen LogP contribution in [0.3, 0.4) is 0 Å². The SMILES string of the molecule is CC(C)(C)C[Si](C)(C)Oc1ccc(C(=O)CC#N)cc1. The summed E-state index contributed by atoms with van der Waals surface area (Å²) in [6, 6.07) is 10.0. The minimum Gasteiger partial charge on any atom is -0.544 e. The molecule has 4 heteroatoms. The van der Waals surface area contributed by atoms with Crippen molar-refractivity contribution in [2.45, 2.75) is 46.3 Å². The lowest BCUT2D eigenvalue weighted by atomic mass is 10.0. The standard InChI is InChI=1S/C16H23NO2Si/c1-16(2,3)12-20(4,5)19-14-8-6-13(7-9-14)15(18)10-11-17/h6-9H,10,12H2,1-5H3. The van der Waals surface area contributed by atoms with Crippen LogP contribution in [0.1, 0.15) is 37.6 Å². The maximum atomic E-state index is 11.6. The number of carbonyl (C=O) groups is 1. The number of ketones is 1. The highest BCUT2D eigenvalue weighted by atomic mass is 28.4. The molecule has 20 heavy (non-hydrogen) atoms. The van der Waals surface area contributed by atoms with Gasteiger partial charge in [0.15, 0.2) is 5.78 Å². The summed E-state index contributed by atoms with van der Waals surface area (Å²) in [7, 11) is -1.78. The van der Waals surface area contributed by atoms with E-state index in [0.717, 1.165) is 11.8 Å². The number of nitriles is 1. The number of carbonyl (C=O) groups excluding carboxylic acids is 1. The molecule has 0 amide bonds. The molecule has 0 atom stereocenters. The van der Waals surface area contributed by atoms with Crippen molar-refractivity contribution >= 4 is 14.1 Å². The van der Waals surface area contributed by atoms with Crippen molar-refractivity contribution in [1.82, 2.24) is 0 Å². The van der Waals surface area contributed by atoms with E-state index in [1.807, 2.05) is 18.2 Å². The van der Waals surface area contributed by atoms with Crippen molar-refractivity contribution in [1.29, 1.82) is 5.26 Å². The van der Waals surface area contributed by atoms with Crippen LogP contribution in [-0.4, -0.2) is 14.1 Å². The fraction of sp³-hybridized carbons (Fsp3) is 0.500. The van der Waals surface area contributed by atoms with E-state index in [9.17, 15) is 4.79 Å². The Bertz CT molecular complexity index is 507. The first kappa shape index (κ1) is 16.5. The van der Waals surface area contributed by atoms with Gasteiger partial charge in [-0.1, -0.05) is 20.8 Å². The maximum Gasteiger partial charge on any atom is 0.245 e. The van der Waals surface area contributed by atoms with Crippen molar-refractivity contribution < 1.29 is 9.22 Å². The molecule has 1 rings (SSSR count). The summed E-state index contributed by atoms with van der Waals surface area (Å²) in [5, 5.41) is 8.52. The third kappa shape index (κ3) is 5.58. The van der Waals surface area contributed by atoms with Crippen LogP contribution in [0.5, 0.6) is 5.75 Å². The molecule has 0 aliphatic carbocycles. The number of rotatable bonds is 5.